The number of furan rings is 1. The van der Waals surface area contributed by atoms with Crippen LogP contribution in [0, 0.1) is 5.82 Å². The van der Waals surface area contributed by atoms with Gasteiger partial charge in [-0.1, -0.05) is 30.7 Å². The van der Waals surface area contributed by atoms with Gasteiger partial charge in [-0.05, 0) is 49.2 Å². The van der Waals surface area contributed by atoms with Crippen molar-refractivity contribution in [2.45, 2.75) is 32.2 Å². The highest BCUT2D eigenvalue weighted by molar-refractivity contribution is 6.02. The molecule has 0 saturated carbocycles. The molecule has 156 valence electrons. The van der Waals surface area contributed by atoms with Crippen molar-refractivity contribution in [3.05, 3.63) is 78.1 Å². The lowest BCUT2D eigenvalue weighted by molar-refractivity contribution is 0.0997. The Bertz CT molecular complexity index is 1240. The van der Waals surface area contributed by atoms with Crippen molar-refractivity contribution < 1.29 is 13.6 Å². The highest BCUT2D eigenvalue weighted by Gasteiger charge is 2.18. The van der Waals surface area contributed by atoms with E-state index in [1.54, 1.807) is 30.3 Å². The summed E-state index contributed by atoms with van der Waals surface area (Å²) in [5, 5.41) is 11.6. The first-order chi connectivity index (χ1) is 15.2. The van der Waals surface area contributed by atoms with Gasteiger partial charge in [-0.25, -0.2) is 4.39 Å². The maximum Gasteiger partial charge on any atom is 0.291 e. The zero-order valence-corrected chi connectivity index (χ0v) is 16.8. The SMILES string of the molecule is O=C(Nc1cccc(-c2nnc3n2CCCCC3)c1)c1ccc(-c2ccccc2F)o1. The highest BCUT2D eigenvalue weighted by Crippen LogP contribution is 2.27. The van der Waals surface area contributed by atoms with Crippen LogP contribution in [-0.4, -0.2) is 20.7 Å². The Hall–Kier alpha value is -3.74. The minimum Gasteiger partial charge on any atom is -0.451 e. The van der Waals surface area contributed by atoms with Gasteiger partial charge in [0.25, 0.3) is 5.91 Å². The Morgan fingerprint density at radius 2 is 1.90 bits per heavy atom. The van der Waals surface area contributed by atoms with Gasteiger partial charge in [0, 0.05) is 24.2 Å². The largest absolute Gasteiger partial charge is 0.451 e. The van der Waals surface area contributed by atoms with E-state index in [9.17, 15) is 9.18 Å². The molecule has 2 aromatic carbocycles. The van der Waals surface area contributed by atoms with E-state index < -0.39 is 11.7 Å². The lowest BCUT2D eigenvalue weighted by Crippen LogP contribution is -2.11. The summed E-state index contributed by atoms with van der Waals surface area (Å²) in [6, 6.07) is 16.9. The minimum absolute atomic E-state index is 0.111. The van der Waals surface area contributed by atoms with Crippen molar-refractivity contribution >= 4 is 11.6 Å². The molecular formula is C24H21FN4O2. The normalized spacial score (nSPS) is 13.5. The van der Waals surface area contributed by atoms with Crippen LogP contribution in [-0.2, 0) is 13.0 Å². The number of aryl methyl sites for hydroxylation is 1. The first kappa shape index (κ1) is 19.2. The third-order valence-electron chi connectivity index (χ3n) is 5.46. The lowest BCUT2D eigenvalue weighted by Gasteiger charge is -2.09. The summed E-state index contributed by atoms with van der Waals surface area (Å²) in [5.74, 6) is 1.44. The summed E-state index contributed by atoms with van der Waals surface area (Å²) in [7, 11) is 0. The molecule has 0 atom stereocenters. The van der Waals surface area contributed by atoms with Gasteiger partial charge in [0.15, 0.2) is 11.6 Å². The maximum absolute atomic E-state index is 14.0. The average molecular weight is 416 g/mol. The van der Waals surface area contributed by atoms with Crippen LogP contribution in [0.4, 0.5) is 10.1 Å². The molecule has 7 heteroatoms. The van der Waals surface area contributed by atoms with Crippen molar-refractivity contribution in [3.8, 4) is 22.7 Å². The summed E-state index contributed by atoms with van der Waals surface area (Å²) in [6.07, 6.45) is 4.37. The molecule has 1 aliphatic rings. The van der Waals surface area contributed by atoms with Gasteiger partial charge in [-0.2, -0.15) is 0 Å². The summed E-state index contributed by atoms with van der Waals surface area (Å²) in [6.45, 7) is 0.902. The number of rotatable bonds is 4. The van der Waals surface area contributed by atoms with Crippen LogP contribution in [0.15, 0.2) is 65.1 Å². The molecule has 6 nitrogen and oxygen atoms in total. The zero-order valence-electron chi connectivity index (χ0n) is 16.8. The summed E-state index contributed by atoms with van der Waals surface area (Å²) < 4.78 is 21.7. The maximum atomic E-state index is 14.0. The van der Waals surface area contributed by atoms with Crippen molar-refractivity contribution in [1.29, 1.82) is 0 Å². The highest BCUT2D eigenvalue weighted by atomic mass is 19.1. The molecule has 3 heterocycles. The molecule has 0 fully saturated rings. The molecule has 1 amide bonds. The van der Waals surface area contributed by atoms with E-state index >= 15 is 0 Å². The van der Waals surface area contributed by atoms with Crippen LogP contribution in [0.3, 0.4) is 0 Å². The van der Waals surface area contributed by atoms with Gasteiger partial charge >= 0.3 is 0 Å². The van der Waals surface area contributed by atoms with E-state index in [4.69, 9.17) is 4.42 Å². The number of benzene rings is 2. The molecule has 2 aromatic heterocycles. The number of anilines is 1. The second-order valence-corrected chi connectivity index (χ2v) is 7.58. The van der Waals surface area contributed by atoms with Crippen LogP contribution in [0.25, 0.3) is 22.7 Å². The topological polar surface area (TPSA) is 73.0 Å². The molecule has 0 unspecified atom stereocenters. The number of nitrogens with one attached hydrogen (secondary N) is 1. The van der Waals surface area contributed by atoms with E-state index in [1.165, 1.54) is 12.5 Å². The second-order valence-electron chi connectivity index (χ2n) is 7.58. The molecule has 0 aliphatic carbocycles. The number of aromatic nitrogens is 3. The van der Waals surface area contributed by atoms with Gasteiger partial charge in [0.1, 0.15) is 17.4 Å². The quantitative estimate of drug-likeness (QED) is 0.488. The number of halogens is 1. The summed E-state index contributed by atoms with van der Waals surface area (Å²) >= 11 is 0. The van der Waals surface area contributed by atoms with E-state index in [2.05, 4.69) is 20.1 Å². The second kappa shape index (κ2) is 8.18. The predicted octanol–water partition coefficient (Wildman–Crippen LogP) is 5.32. The molecule has 31 heavy (non-hydrogen) atoms. The fourth-order valence-corrected chi connectivity index (χ4v) is 3.89. The van der Waals surface area contributed by atoms with E-state index in [-0.39, 0.29) is 5.76 Å². The fraction of sp³-hybridized carbons (Fsp3) is 0.208. The predicted molar refractivity (Wildman–Crippen MR) is 115 cm³/mol. The van der Waals surface area contributed by atoms with Crippen molar-refractivity contribution in [3.63, 3.8) is 0 Å². The van der Waals surface area contributed by atoms with Gasteiger partial charge < -0.3 is 14.3 Å². The average Bonchev–Trinajstić information content (AvgIpc) is 3.36. The van der Waals surface area contributed by atoms with Gasteiger partial charge in [0.2, 0.25) is 0 Å². The Morgan fingerprint density at radius 1 is 1.00 bits per heavy atom. The molecule has 0 saturated heterocycles. The number of hydrogen-bond acceptors (Lipinski definition) is 4. The molecule has 5 rings (SSSR count). The molecule has 0 radical (unpaired) electrons. The monoisotopic (exact) mass is 416 g/mol. The number of hydrogen-bond donors (Lipinski definition) is 1. The lowest BCUT2D eigenvalue weighted by atomic mass is 10.1. The molecule has 1 aliphatic heterocycles. The van der Waals surface area contributed by atoms with Crippen molar-refractivity contribution in [2.24, 2.45) is 0 Å². The number of amides is 1. The Labute approximate surface area is 178 Å². The summed E-state index contributed by atoms with van der Waals surface area (Å²) in [4.78, 5) is 12.7. The molecular weight excluding hydrogens is 395 g/mol. The Kier molecular flexibility index (Phi) is 5.08. The zero-order chi connectivity index (χ0) is 21.2. The molecule has 0 spiro atoms. The van der Waals surface area contributed by atoms with Gasteiger partial charge in [-0.3, -0.25) is 4.79 Å². The van der Waals surface area contributed by atoms with Crippen LogP contribution in [0.2, 0.25) is 0 Å². The number of carbonyl (C=O) groups excluding carboxylic acids is 1. The summed E-state index contributed by atoms with van der Waals surface area (Å²) in [5.41, 5.74) is 1.83. The van der Waals surface area contributed by atoms with Crippen LogP contribution >= 0.6 is 0 Å². The molecule has 4 aromatic rings. The van der Waals surface area contributed by atoms with Crippen LogP contribution < -0.4 is 5.32 Å². The minimum atomic E-state index is -0.403. The third kappa shape index (κ3) is 3.86. The molecule has 0 bridgehead atoms. The molecule has 1 N–H and O–H groups in total. The van der Waals surface area contributed by atoms with E-state index in [1.807, 2.05) is 24.3 Å². The van der Waals surface area contributed by atoms with Crippen LogP contribution in [0.1, 0.15) is 35.6 Å². The number of fused-ring (bicyclic) bond motifs is 1. The van der Waals surface area contributed by atoms with E-state index in [0.717, 1.165) is 43.0 Å². The smallest absolute Gasteiger partial charge is 0.291 e. The van der Waals surface area contributed by atoms with Crippen molar-refractivity contribution in [2.75, 3.05) is 5.32 Å². The Morgan fingerprint density at radius 3 is 2.81 bits per heavy atom. The number of nitrogens with zero attached hydrogens (tertiary/aromatic N) is 3. The van der Waals surface area contributed by atoms with E-state index in [0.29, 0.717) is 17.0 Å². The number of carbonyl (C=O) groups is 1. The third-order valence-corrected chi connectivity index (χ3v) is 5.46. The first-order valence-electron chi connectivity index (χ1n) is 10.4. The van der Waals surface area contributed by atoms with Gasteiger partial charge in [0.05, 0.1) is 5.56 Å². The standard InChI is InChI=1S/C24H21FN4O2/c25-19-10-4-3-9-18(19)20-12-13-21(31-20)24(30)26-17-8-6-7-16(15-17)23-28-27-22-11-2-1-5-14-29(22)23/h3-4,6-10,12-13,15H,1-2,5,11,14H2,(H,26,30). The fourth-order valence-electron chi connectivity index (χ4n) is 3.89. The Balaban J connectivity index is 1.37. The van der Waals surface area contributed by atoms with Crippen LogP contribution in [0.5, 0.6) is 0 Å². The van der Waals surface area contributed by atoms with Crippen molar-refractivity contribution in [1.82, 2.24) is 14.8 Å². The van der Waals surface area contributed by atoms with Gasteiger partial charge in [-0.15, -0.1) is 10.2 Å². The first-order valence-corrected chi connectivity index (χ1v) is 10.4.